The zero-order chi connectivity index (χ0) is 12.9. The van der Waals surface area contributed by atoms with Crippen LogP contribution in [0.4, 0.5) is 0 Å². The summed E-state index contributed by atoms with van der Waals surface area (Å²) in [5.41, 5.74) is 5.79. The van der Waals surface area contributed by atoms with E-state index in [1.54, 1.807) is 0 Å². The number of aliphatic hydroxyl groups is 1. The van der Waals surface area contributed by atoms with Gasteiger partial charge in [-0.3, -0.25) is 0 Å². The van der Waals surface area contributed by atoms with Crippen molar-refractivity contribution in [2.45, 2.75) is 45.6 Å². The van der Waals surface area contributed by atoms with Gasteiger partial charge in [0.1, 0.15) is 0 Å². The Labute approximate surface area is 105 Å². The molecule has 2 atom stereocenters. The van der Waals surface area contributed by atoms with E-state index >= 15 is 0 Å². The molecule has 0 amide bonds. The van der Waals surface area contributed by atoms with Crippen molar-refractivity contribution in [3.8, 4) is 0 Å². The molecule has 0 saturated heterocycles. The van der Waals surface area contributed by atoms with Gasteiger partial charge >= 0.3 is 0 Å². The summed E-state index contributed by atoms with van der Waals surface area (Å²) < 4.78 is 0. The minimum absolute atomic E-state index is 0.273. The lowest BCUT2D eigenvalue weighted by Crippen LogP contribution is -2.48. The van der Waals surface area contributed by atoms with Gasteiger partial charge < -0.3 is 10.8 Å². The minimum atomic E-state index is -0.827. The van der Waals surface area contributed by atoms with Crippen LogP contribution in [0.2, 0.25) is 0 Å². The molecule has 0 aliphatic rings. The quantitative estimate of drug-likeness (QED) is 0.796. The predicted octanol–water partition coefficient (Wildman–Crippen LogP) is 3.05. The van der Waals surface area contributed by atoms with Gasteiger partial charge in [0.05, 0.1) is 5.60 Å². The summed E-state index contributed by atoms with van der Waals surface area (Å²) in [6, 6.07) is 9.92. The summed E-state index contributed by atoms with van der Waals surface area (Å²) in [6.45, 7) is 6.77. The van der Waals surface area contributed by atoms with E-state index in [-0.39, 0.29) is 5.41 Å². The van der Waals surface area contributed by atoms with E-state index in [9.17, 15) is 5.11 Å². The fraction of sp³-hybridized carbons (Fsp3) is 0.600. The average Bonchev–Trinajstić information content (AvgIpc) is 2.38. The molecule has 0 heterocycles. The molecule has 3 N–H and O–H groups in total. The first-order valence-corrected chi connectivity index (χ1v) is 6.52. The van der Waals surface area contributed by atoms with Crippen LogP contribution < -0.4 is 5.73 Å². The number of hydrogen-bond acceptors (Lipinski definition) is 2. The molecule has 1 rings (SSSR count). The first kappa shape index (κ1) is 14.2. The Morgan fingerprint density at radius 2 is 1.76 bits per heavy atom. The van der Waals surface area contributed by atoms with E-state index < -0.39 is 5.60 Å². The maximum atomic E-state index is 11.1. The van der Waals surface area contributed by atoms with Gasteiger partial charge in [0.15, 0.2) is 0 Å². The summed E-state index contributed by atoms with van der Waals surface area (Å²) in [6.07, 6.45) is 2.56. The van der Waals surface area contributed by atoms with Crippen molar-refractivity contribution < 1.29 is 5.11 Å². The summed E-state index contributed by atoms with van der Waals surface area (Å²) in [4.78, 5) is 0. The van der Waals surface area contributed by atoms with Gasteiger partial charge in [0.2, 0.25) is 0 Å². The van der Waals surface area contributed by atoms with Crippen LogP contribution in [-0.4, -0.2) is 11.7 Å². The monoisotopic (exact) mass is 235 g/mol. The molecule has 0 radical (unpaired) electrons. The van der Waals surface area contributed by atoms with Crippen molar-refractivity contribution in [1.29, 1.82) is 0 Å². The predicted molar refractivity (Wildman–Crippen MR) is 72.7 cm³/mol. The SMILES string of the molecule is CCCC(O)(c1ccccc1)C(C)(CC)CN. The number of hydrogen-bond donors (Lipinski definition) is 2. The molecule has 2 nitrogen and oxygen atoms in total. The largest absolute Gasteiger partial charge is 0.385 e. The van der Waals surface area contributed by atoms with E-state index in [2.05, 4.69) is 20.8 Å². The molecule has 0 bridgehead atoms. The Morgan fingerprint density at radius 1 is 1.18 bits per heavy atom. The average molecular weight is 235 g/mol. The van der Waals surface area contributed by atoms with Gasteiger partial charge in [0, 0.05) is 12.0 Å². The fourth-order valence-electron chi connectivity index (χ4n) is 2.48. The highest BCUT2D eigenvalue weighted by Gasteiger charge is 2.45. The van der Waals surface area contributed by atoms with Crippen molar-refractivity contribution in [2.24, 2.45) is 11.1 Å². The van der Waals surface area contributed by atoms with E-state index in [0.717, 1.165) is 24.8 Å². The normalized spacial score (nSPS) is 18.4. The second-order valence-electron chi connectivity index (χ2n) is 5.09. The zero-order valence-electron chi connectivity index (χ0n) is 11.2. The van der Waals surface area contributed by atoms with Crippen LogP contribution in [0, 0.1) is 5.41 Å². The lowest BCUT2D eigenvalue weighted by molar-refractivity contribution is -0.0878. The molecule has 2 heteroatoms. The van der Waals surface area contributed by atoms with E-state index in [0.29, 0.717) is 6.54 Å². The highest BCUT2D eigenvalue weighted by Crippen LogP contribution is 2.44. The van der Waals surface area contributed by atoms with Crippen LogP contribution in [0.15, 0.2) is 30.3 Å². The van der Waals surface area contributed by atoms with E-state index in [1.807, 2.05) is 30.3 Å². The van der Waals surface area contributed by atoms with Gasteiger partial charge in [-0.05, 0) is 18.4 Å². The van der Waals surface area contributed by atoms with Gasteiger partial charge in [-0.1, -0.05) is 57.5 Å². The summed E-state index contributed by atoms with van der Waals surface area (Å²) >= 11 is 0. The van der Waals surface area contributed by atoms with Gasteiger partial charge in [-0.2, -0.15) is 0 Å². The Balaban J connectivity index is 3.22. The molecular formula is C15H25NO. The third-order valence-electron chi connectivity index (χ3n) is 4.09. The van der Waals surface area contributed by atoms with E-state index in [4.69, 9.17) is 5.73 Å². The highest BCUT2D eigenvalue weighted by molar-refractivity contribution is 5.25. The maximum Gasteiger partial charge on any atom is 0.0961 e. The molecule has 96 valence electrons. The van der Waals surface area contributed by atoms with Gasteiger partial charge in [0.25, 0.3) is 0 Å². The number of rotatable bonds is 6. The molecule has 0 aromatic heterocycles. The molecule has 0 aliphatic carbocycles. The Morgan fingerprint density at radius 3 is 2.18 bits per heavy atom. The highest BCUT2D eigenvalue weighted by atomic mass is 16.3. The van der Waals surface area contributed by atoms with Crippen LogP contribution in [0.25, 0.3) is 0 Å². The smallest absolute Gasteiger partial charge is 0.0961 e. The summed E-state index contributed by atoms with van der Waals surface area (Å²) in [5.74, 6) is 0. The Hall–Kier alpha value is -0.860. The third-order valence-corrected chi connectivity index (χ3v) is 4.09. The summed E-state index contributed by atoms with van der Waals surface area (Å²) in [7, 11) is 0. The van der Waals surface area contributed by atoms with Crippen LogP contribution in [0.5, 0.6) is 0 Å². The molecule has 1 aromatic carbocycles. The Bertz CT molecular complexity index is 332. The van der Waals surface area contributed by atoms with Crippen molar-refractivity contribution in [3.63, 3.8) is 0 Å². The zero-order valence-corrected chi connectivity index (χ0v) is 11.2. The van der Waals surface area contributed by atoms with Gasteiger partial charge in [-0.15, -0.1) is 0 Å². The first-order valence-electron chi connectivity index (χ1n) is 6.52. The lowest BCUT2D eigenvalue weighted by Gasteiger charge is -2.44. The topological polar surface area (TPSA) is 46.2 Å². The van der Waals surface area contributed by atoms with Crippen LogP contribution in [0.1, 0.15) is 45.6 Å². The van der Waals surface area contributed by atoms with Crippen molar-refractivity contribution in [2.75, 3.05) is 6.54 Å². The molecular weight excluding hydrogens is 210 g/mol. The number of benzene rings is 1. The fourth-order valence-corrected chi connectivity index (χ4v) is 2.48. The van der Waals surface area contributed by atoms with E-state index in [1.165, 1.54) is 0 Å². The van der Waals surface area contributed by atoms with Crippen molar-refractivity contribution >= 4 is 0 Å². The van der Waals surface area contributed by atoms with Crippen LogP contribution in [0.3, 0.4) is 0 Å². The maximum absolute atomic E-state index is 11.1. The molecule has 17 heavy (non-hydrogen) atoms. The number of nitrogens with two attached hydrogens (primary N) is 1. The molecule has 1 aromatic rings. The van der Waals surface area contributed by atoms with Crippen LogP contribution >= 0.6 is 0 Å². The molecule has 0 spiro atoms. The van der Waals surface area contributed by atoms with Crippen LogP contribution in [-0.2, 0) is 5.60 Å². The van der Waals surface area contributed by atoms with Crippen molar-refractivity contribution in [3.05, 3.63) is 35.9 Å². The van der Waals surface area contributed by atoms with Crippen molar-refractivity contribution in [1.82, 2.24) is 0 Å². The Kier molecular flexibility index (Phi) is 4.72. The summed E-state index contributed by atoms with van der Waals surface area (Å²) in [5, 5.41) is 11.1. The standard InChI is InChI=1S/C15H25NO/c1-4-11-15(17,14(3,5-2)12-16)13-9-7-6-8-10-13/h6-10,17H,4-5,11-12,16H2,1-3H3. The minimum Gasteiger partial charge on any atom is -0.385 e. The molecule has 0 fully saturated rings. The second-order valence-corrected chi connectivity index (χ2v) is 5.09. The third kappa shape index (κ3) is 2.53. The first-order chi connectivity index (χ1) is 8.04. The molecule has 0 aliphatic heterocycles. The van der Waals surface area contributed by atoms with Gasteiger partial charge in [-0.25, -0.2) is 0 Å². The second kappa shape index (κ2) is 5.65. The molecule has 2 unspecified atom stereocenters. The molecule has 0 saturated carbocycles. The lowest BCUT2D eigenvalue weighted by atomic mass is 9.66.